The summed E-state index contributed by atoms with van der Waals surface area (Å²) in [7, 11) is 1.28. The molecular weight excluding hydrogens is 258 g/mol. The Morgan fingerprint density at radius 1 is 1.20 bits per heavy atom. The lowest BCUT2D eigenvalue weighted by atomic mass is 9.96. The highest BCUT2D eigenvalue weighted by Gasteiger charge is 2.41. The van der Waals surface area contributed by atoms with Crippen LogP contribution in [0.15, 0.2) is 42.5 Å². The van der Waals surface area contributed by atoms with Gasteiger partial charge >= 0.3 is 12.1 Å². The summed E-state index contributed by atoms with van der Waals surface area (Å²) < 4.78 is 9.95. The van der Waals surface area contributed by atoms with Crippen molar-refractivity contribution in [3.05, 3.63) is 48.0 Å². The van der Waals surface area contributed by atoms with E-state index in [-0.39, 0.29) is 0 Å². The summed E-state index contributed by atoms with van der Waals surface area (Å²) in [5.41, 5.74) is 0.789. The number of amides is 1. The van der Waals surface area contributed by atoms with Crippen molar-refractivity contribution in [2.75, 3.05) is 7.11 Å². The Morgan fingerprint density at radius 3 is 2.75 bits per heavy atom. The van der Waals surface area contributed by atoms with Crippen LogP contribution >= 0.6 is 0 Å². The number of rotatable bonds is 2. The van der Waals surface area contributed by atoms with Gasteiger partial charge in [0, 0.05) is 5.56 Å². The molecule has 0 aliphatic carbocycles. The van der Waals surface area contributed by atoms with Crippen LogP contribution in [0, 0.1) is 0 Å². The van der Waals surface area contributed by atoms with Gasteiger partial charge in [-0.25, -0.2) is 9.59 Å². The fraction of sp³-hybridized carbons (Fsp3) is 0.200. The first-order valence-corrected chi connectivity index (χ1v) is 6.23. The highest BCUT2D eigenvalue weighted by atomic mass is 16.6. The maximum absolute atomic E-state index is 11.8. The smallest absolute Gasteiger partial charge is 0.408 e. The molecule has 102 valence electrons. The lowest BCUT2D eigenvalue weighted by Crippen LogP contribution is -2.36. The van der Waals surface area contributed by atoms with Gasteiger partial charge in [-0.05, 0) is 10.8 Å². The molecule has 1 aliphatic rings. The molecule has 1 saturated heterocycles. The van der Waals surface area contributed by atoms with E-state index in [9.17, 15) is 9.59 Å². The second kappa shape index (κ2) is 4.85. The van der Waals surface area contributed by atoms with Crippen LogP contribution in [0.1, 0.15) is 11.7 Å². The summed E-state index contributed by atoms with van der Waals surface area (Å²) in [6.07, 6.45) is -1.29. The number of methoxy groups -OCH3 is 1. The predicted molar refractivity (Wildman–Crippen MR) is 72.1 cm³/mol. The fourth-order valence-corrected chi connectivity index (χ4v) is 2.47. The lowest BCUT2D eigenvalue weighted by molar-refractivity contribution is -0.144. The Hall–Kier alpha value is -2.56. The third-order valence-corrected chi connectivity index (χ3v) is 3.40. The Balaban J connectivity index is 2.09. The summed E-state index contributed by atoms with van der Waals surface area (Å²) in [6.45, 7) is 0. The van der Waals surface area contributed by atoms with Gasteiger partial charge in [0.15, 0.2) is 12.1 Å². The molecular formula is C15H13NO4. The monoisotopic (exact) mass is 271 g/mol. The van der Waals surface area contributed by atoms with E-state index < -0.39 is 24.2 Å². The maximum atomic E-state index is 11.8. The SMILES string of the molecule is COC(=O)C1NC(=O)OC1c1cccc2ccccc12. The van der Waals surface area contributed by atoms with Crippen molar-refractivity contribution in [3.8, 4) is 0 Å². The number of esters is 1. The fourth-order valence-electron chi connectivity index (χ4n) is 2.47. The number of carbonyl (C=O) groups is 2. The number of nitrogens with one attached hydrogen (secondary N) is 1. The number of benzene rings is 2. The minimum atomic E-state index is -0.821. The number of fused-ring (bicyclic) bond motifs is 1. The van der Waals surface area contributed by atoms with Crippen LogP contribution in [0.2, 0.25) is 0 Å². The van der Waals surface area contributed by atoms with Gasteiger partial charge in [-0.15, -0.1) is 0 Å². The van der Waals surface area contributed by atoms with E-state index in [1.807, 2.05) is 42.5 Å². The quantitative estimate of drug-likeness (QED) is 0.850. The van der Waals surface area contributed by atoms with Gasteiger partial charge in [0.1, 0.15) is 0 Å². The van der Waals surface area contributed by atoms with Gasteiger partial charge in [0.25, 0.3) is 0 Å². The highest BCUT2D eigenvalue weighted by molar-refractivity contribution is 5.90. The van der Waals surface area contributed by atoms with Gasteiger partial charge in [0.2, 0.25) is 0 Å². The van der Waals surface area contributed by atoms with Crippen molar-refractivity contribution in [3.63, 3.8) is 0 Å². The Kier molecular flexibility index (Phi) is 3.02. The Labute approximate surface area is 115 Å². The van der Waals surface area contributed by atoms with Crippen molar-refractivity contribution < 1.29 is 19.1 Å². The number of cyclic esters (lactones) is 1. The molecule has 0 spiro atoms. The van der Waals surface area contributed by atoms with Crippen molar-refractivity contribution >= 4 is 22.8 Å². The Morgan fingerprint density at radius 2 is 1.95 bits per heavy atom. The summed E-state index contributed by atoms with van der Waals surface area (Å²) >= 11 is 0. The number of alkyl carbamates (subject to hydrolysis) is 1. The number of carbonyl (C=O) groups excluding carboxylic acids is 2. The van der Waals surface area contributed by atoms with Crippen molar-refractivity contribution in [2.24, 2.45) is 0 Å². The molecule has 20 heavy (non-hydrogen) atoms. The third-order valence-electron chi connectivity index (χ3n) is 3.40. The van der Waals surface area contributed by atoms with E-state index in [4.69, 9.17) is 9.47 Å². The summed E-state index contributed by atoms with van der Waals surface area (Å²) in [5, 5.41) is 4.46. The minimum Gasteiger partial charge on any atom is -0.467 e. The van der Waals surface area contributed by atoms with Crippen LogP contribution in [0.3, 0.4) is 0 Å². The van der Waals surface area contributed by atoms with Crippen molar-refractivity contribution in [2.45, 2.75) is 12.1 Å². The first kappa shape index (κ1) is 12.5. The van der Waals surface area contributed by atoms with Crippen LogP contribution in [-0.4, -0.2) is 25.2 Å². The average molecular weight is 271 g/mol. The molecule has 2 aromatic carbocycles. The zero-order valence-electron chi connectivity index (χ0n) is 10.8. The van der Waals surface area contributed by atoms with E-state index in [0.29, 0.717) is 0 Å². The molecule has 0 saturated carbocycles. The lowest BCUT2D eigenvalue weighted by Gasteiger charge is -2.17. The largest absolute Gasteiger partial charge is 0.467 e. The zero-order chi connectivity index (χ0) is 14.1. The maximum Gasteiger partial charge on any atom is 0.408 e. The van der Waals surface area contributed by atoms with E-state index in [0.717, 1.165) is 16.3 Å². The molecule has 2 atom stereocenters. The molecule has 5 nitrogen and oxygen atoms in total. The second-order valence-corrected chi connectivity index (χ2v) is 4.54. The molecule has 0 bridgehead atoms. The van der Waals surface area contributed by atoms with Gasteiger partial charge < -0.3 is 14.8 Å². The molecule has 1 N–H and O–H groups in total. The van der Waals surface area contributed by atoms with Crippen LogP contribution in [0.25, 0.3) is 10.8 Å². The average Bonchev–Trinajstić information content (AvgIpc) is 2.87. The van der Waals surface area contributed by atoms with Crippen LogP contribution < -0.4 is 5.32 Å². The first-order valence-electron chi connectivity index (χ1n) is 6.23. The standard InChI is InChI=1S/C15H13NO4/c1-19-14(17)12-13(20-15(18)16-12)11-8-4-6-9-5-2-3-7-10(9)11/h2-8,12-13H,1H3,(H,16,18). The highest BCUT2D eigenvalue weighted by Crippen LogP contribution is 2.32. The first-order chi connectivity index (χ1) is 9.70. The van der Waals surface area contributed by atoms with Gasteiger partial charge in [-0.1, -0.05) is 42.5 Å². The number of hydrogen-bond acceptors (Lipinski definition) is 4. The molecule has 1 fully saturated rings. The molecule has 5 heteroatoms. The molecule has 2 unspecified atom stereocenters. The molecule has 0 radical (unpaired) electrons. The second-order valence-electron chi connectivity index (χ2n) is 4.54. The summed E-state index contributed by atoms with van der Waals surface area (Å²) in [5.74, 6) is -0.520. The van der Waals surface area contributed by atoms with Crippen LogP contribution in [-0.2, 0) is 14.3 Å². The van der Waals surface area contributed by atoms with Crippen molar-refractivity contribution in [1.29, 1.82) is 0 Å². The van der Waals surface area contributed by atoms with Gasteiger partial charge in [-0.2, -0.15) is 0 Å². The van der Waals surface area contributed by atoms with E-state index in [2.05, 4.69) is 5.32 Å². The Bertz CT molecular complexity index is 677. The minimum absolute atomic E-state index is 0.520. The van der Waals surface area contributed by atoms with E-state index >= 15 is 0 Å². The van der Waals surface area contributed by atoms with Gasteiger partial charge in [0.05, 0.1) is 7.11 Å². The van der Waals surface area contributed by atoms with E-state index in [1.165, 1.54) is 7.11 Å². The molecule has 1 amide bonds. The molecule has 2 aromatic rings. The normalized spacial score (nSPS) is 21.4. The number of ether oxygens (including phenoxy) is 2. The number of hydrogen-bond donors (Lipinski definition) is 1. The topological polar surface area (TPSA) is 64.6 Å². The molecule has 1 heterocycles. The summed E-state index contributed by atoms with van der Waals surface area (Å²) in [4.78, 5) is 23.2. The third kappa shape index (κ3) is 1.97. The molecule has 3 rings (SSSR count). The predicted octanol–water partition coefficient (Wildman–Crippen LogP) is 2.16. The zero-order valence-corrected chi connectivity index (χ0v) is 10.8. The van der Waals surface area contributed by atoms with E-state index in [1.54, 1.807) is 0 Å². The molecule has 0 aromatic heterocycles. The van der Waals surface area contributed by atoms with Crippen LogP contribution in [0.4, 0.5) is 4.79 Å². The summed E-state index contributed by atoms with van der Waals surface area (Å²) in [6, 6.07) is 12.6. The van der Waals surface area contributed by atoms with Crippen LogP contribution in [0.5, 0.6) is 0 Å². The van der Waals surface area contributed by atoms with Crippen molar-refractivity contribution in [1.82, 2.24) is 5.32 Å². The molecule has 1 aliphatic heterocycles. The van der Waals surface area contributed by atoms with Gasteiger partial charge in [-0.3, -0.25) is 0 Å².